The normalized spacial score (nSPS) is 25.2. The summed E-state index contributed by atoms with van der Waals surface area (Å²) in [6.07, 6.45) is 1.09. The molecule has 0 saturated heterocycles. The average Bonchev–Trinajstić information content (AvgIpc) is 2.83. The van der Waals surface area contributed by atoms with Gasteiger partial charge in [-0.15, -0.1) is 0 Å². The Labute approximate surface area is 148 Å². The number of ketones is 2. The largest absolute Gasteiger partial charge is 0.496 e. The van der Waals surface area contributed by atoms with E-state index >= 15 is 0 Å². The Kier molecular flexibility index (Phi) is 4.76. The summed E-state index contributed by atoms with van der Waals surface area (Å²) < 4.78 is 11.1. The third kappa shape index (κ3) is 2.77. The van der Waals surface area contributed by atoms with E-state index in [0.717, 1.165) is 10.0 Å². The van der Waals surface area contributed by atoms with Gasteiger partial charge in [0.05, 0.1) is 25.2 Å². The lowest BCUT2D eigenvalue weighted by molar-refractivity contribution is -0.144. The maximum Gasteiger partial charge on any atom is 0.306 e. The second-order valence-corrected chi connectivity index (χ2v) is 7.12. The Hall–Kier alpha value is -1.69. The van der Waals surface area contributed by atoms with Gasteiger partial charge in [-0.3, -0.25) is 14.4 Å². The molecule has 0 N–H and O–H groups in total. The number of halogens is 1. The van der Waals surface area contributed by atoms with Crippen molar-refractivity contribution in [2.45, 2.75) is 32.1 Å². The van der Waals surface area contributed by atoms with Crippen LogP contribution in [0.25, 0.3) is 0 Å². The average molecular weight is 395 g/mol. The number of carbonyl (C=O) groups is 3. The van der Waals surface area contributed by atoms with Crippen molar-refractivity contribution in [2.24, 2.45) is 11.8 Å². The summed E-state index contributed by atoms with van der Waals surface area (Å²) in [6, 6.07) is 3.57. The molecule has 0 spiro atoms. The zero-order valence-corrected chi connectivity index (χ0v) is 15.2. The van der Waals surface area contributed by atoms with E-state index < -0.39 is 5.92 Å². The lowest BCUT2D eigenvalue weighted by atomic mass is 9.72. The number of ether oxygens (including phenoxy) is 2. The van der Waals surface area contributed by atoms with Gasteiger partial charge in [-0.1, -0.05) is 15.9 Å². The predicted molar refractivity (Wildman–Crippen MR) is 90.2 cm³/mol. The zero-order chi connectivity index (χ0) is 17.4. The molecule has 0 unspecified atom stereocenters. The van der Waals surface area contributed by atoms with Crippen LogP contribution < -0.4 is 4.74 Å². The molecule has 6 heteroatoms. The van der Waals surface area contributed by atoms with Crippen molar-refractivity contribution in [1.29, 1.82) is 0 Å². The molecule has 1 aromatic carbocycles. The first-order valence-corrected chi connectivity index (χ1v) is 8.86. The number of fused-ring (bicyclic) bond motifs is 3. The molecule has 0 heterocycles. The fraction of sp³-hybridized carbons (Fsp3) is 0.500. The Morgan fingerprint density at radius 1 is 1.33 bits per heavy atom. The van der Waals surface area contributed by atoms with Crippen molar-refractivity contribution in [3.05, 3.63) is 27.7 Å². The minimum absolute atomic E-state index is 0.0873. The number of rotatable bonds is 4. The fourth-order valence-corrected chi connectivity index (χ4v) is 4.58. The molecular weight excluding hydrogens is 376 g/mol. The third-order valence-electron chi connectivity index (χ3n) is 4.86. The highest BCUT2D eigenvalue weighted by Gasteiger charge is 2.50. The molecule has 5 nitrogen and oxygen atoms in total. The molecule has 0 aliphatic heterocycles. The standard InChI is InChI=1S/C18H19BrO5/c1-3-24-14(21)8-9-6-10-15-11(19)4-5-13(23-2)17(15)18(22)16(10)12(20)7-9/h4-5,9-10,16H,3,6-8H2,1-2H3/t9-,10+,16-/m1/s1. The van der Waals surface area contributed by atoms with Crippen LogP contribution in [-0.4, -0.2) is 31.3 Å². The van der Waals surface area contributed by atoms with E-state index in [1.807, 2.05) is 6.07 Å². The molecule has 3 rings (SSSR count). The van der Waals surface area contributed by atoms with E-state index in [1.54, 1.807) is 13.0 Å². The first-order chi connectivity index (χ1) is 11.5. The van der Waals surface area contributed by atoms with Crippen molar-refractivity contribution >= 4 is 33.5 Å². The van der Waals surface area contributed by atoms with Crippen LogP contribution in [0.15, 0.2) is 16.6 Å². The molecule has 0 bridgehead atoms. The molecule has 1 fully saturated rings. The van der Waals surface area contributed by atoms with E-state index in [-0.39, 0.29) is 42.2 Å². The Bertz CT molecular complexity index is 712. The predicted octanol–water partition coefficient (Wildman–Crippen LogP) is 3.29. The summed E-state index contributed by atoms with van der Waals surface area (Å²) in [7, 11) is 1.52. The molecule has 128 valence electrons. The number of methoxy groups -OCH3 is 1. The first kappa shape index (κ1) is 17.1. The van der Waals surface area contributed by atoms with Gasteiger partial charge in [0.25, 0.3) is 0 Å². The molecule has 2 aliphatic rings. The van der Waals surface area contributed by atoms with Gasteiger partial charge in [0.2, 0.25) is 0 Å². The maximum absolute atomic E-state index is 12.8. The van der Waals surface area contributed by atoms with Gasteiger partial charge in [0.15, 0.2) is 5.78 Å². The number of benzene rings is 1. The molecule has 3 atom stereocenters. The number of hydrogen-bond donors (Lipinski definition) is 0. The summed E-state index contributed by atoms with van der Waals surface area (Å²) in [6.45, 7) is 2.09. The summed E-state index contributed by atoms with van der Waals surface area (Å²) in [4.78, 5) is 37.1. The van der Waals surface area contributed by atoms with Gasteiger partial charge in [-0.05, 0) is 37.0 Å². The van der Waals surface area contributed by atoms with E-state index in [9.17, 15) is 14.4 Å². The van der Waals surface area contributed by atoms with Crippen LogP contribution in [0.3, 0.4) is 0 Å². The van der Waals surface area contributed by atoms with Crippen molar-refractivity contribution in [2.75, 3.05) is 13.7 Å². The smallest absolute Gasteiger partial charge is 0.306 e. The maximum atomic E-state index is 12.8. The van der Waals surface area contributed by atoms with Crippen LogP contribution in [0.2, 0.25) is 0 Å². The van der Waals surface area contributed by atoms with Crippen molar-refractivity contribution < 1.29 is 23.9 Å². The van der Waals surface area contributed by atoms with Crippen LogP contribution >= 0.6 is 15.9 Å². The summed E-state index contributed by atoms with van der Waals surface area (Å²) in [5.41, 5.74) is 1.35. The van der Waals surface area contributed by atoms with Crippen LogP contribution in [0.4, 0.5) is 0 Å². The molecule has 24 heavy (non-hydrogen) atoms. The van der Waals surface area contributed by atoms with E-state index in [4.69, 9.17) is 9.47 Å². The van der Waals surface area contributed by atoms with Gasteiger partial charge < -0.3 is 9.47 Å². The van der Waals surface area contributed by atoms with Crippen LogP contribution in [0, 0.1) is 11.8 Å². The zero-order valence-electron chi connectivity index (χ0n) is 13.6. The van der Waals surface area contributed by atoms with Gasteiger partial charge in [0.1, 0.15) is 11.5 Å². The van der Waals surface area contributed by atoms with Gasteiger partial charge >= 0.3 is 5.97 Å². The summed E-state index contributed by atoms with van der Waals surface area (Å²) >= 11 is 3.51. The highest BCUT2D eigenvalue weighted by molar-refractivity contribution is 9.10. The van der Waals surface area contributed by atoms with Crippen LogP contribution in [-0.2, 0) is 14.3 Å². The van der Waals surface area contributed by atoms with Crippen molar-refractivity contribution in [3.8, 4) is 5.75 Å². The third-order valence-corrected chi connectivity index (χ3v) is 5.55. The van der Waals surface area contributed by atoms with Gasteiger partial charge in [-0.2, -0.15) is 0 Å². The minimum Gasteiger partial charge on any atom is -0.496 e. The second kappa shape index (κ2) is 6.67. The van der Waals surface area contributed by atoms with E-state index in [1.165, 1.54) is 7.11 Å². The lowest BCUT2D eigenvalue weighted by Gasteiger charge is -2.30. The number of Topliss-reactive ketones (excluding diaryl/α,β-unsaturated/α-hetero) is 2. The van der Waals surface area contributed by atoms with Crippen LogP contribution in [0.5, 0.6) is 5.75 Å². The highest BCUT2D eigenvalue weighted by Crippen LogP contribution is 2.52. The molecular formula is C18H19BrO5. The number of esters is 1. The number of carbonyl (C=O) groups excluding carboxylic acids is 3. The monoisotopic (exact) mass is 394 g/mol. The quantitative estimate of drug-likeness (QED) is 0.578. The minimum atomic E-state index is -0.647. The summed E-state index contributed by atoms with van der Waals surface area (Å²) in [5.74, 6) is -0.966. The Balaban J connectivity index is 1.94. The molecule has 2 aliphatic carbocycles. The van der Waals surface area contributed by atoms with Gasteiger partial charge in [-0.25, -0.2) is 0 Å². The molecule has 1 saturated carbocycles. The number of hydrogen-bond acceptors (Lipinski definition) is 5. The lowest BCUT2D eigenvalue weighted by Crippen LogP contribution is -2.33. The Morgan fingerprint density at radius 3 is 2.75 bits per heavy atom. The highest BCUT2D eigenvalue weighted by atomic mass is 79.9. The second-order valence-electron chi connectivity index (χ2n) is 6.27. The van der Waals surface area contributed by atoms with Crippen LogP contribution in [0.1, 0.15) is 48.0 Å². The fourth-order valence-electron chi connectivity index (χ4n) is 3.96. The Morgan fingerprint density at radius 2 is 2.08 bits per heavy atom. The molecule has 0 amide bonds. The van der Waals surface area contributed by atoms with Crippen molar-refractivity contribution in [1.82, 2.24) is 0 Å². The van der Waals surface area contributed by atoms with Gasteiger partial charge in [0, 0.05) is 23.2 Å². The molecule has 0 radical (unpaired) electrons. The molecule has 1 aromatic rings. The first-order valence-electron chi connectivity index (χ1n) is 8.06. The van der Waals surface area contributed by atoms with E-state index in [0.29, 0.717) is 24.3 Å². The van der Waals surface area contributed by atoms with E-state index in [2.05, 4.69) is 15.9 Å². The molecule has 0 aromatic heterocycles. The van der Waals surface area contributed by atoms with Crippen molar-refractivity contribution in [3.63, 3.8) is 0 Å². The topological polar surface area (TPSA) is 69.7 Å². The summed E-state index contributed by atoms with van der Waals surface area (Å²) in [5, 5.41) is 0. The SMILES string of the molecule is CCOC(=O)C[C@H]1CC(=O)[C@@H]2C(=O)c3c(OC)ccc(Br)c3[C@@H]2C1.